The Morgan fingerprint density at radius 3 is 3.15 bits per heavy atom. The molecule has 1 aliphatic carbocycles. The van der Waals surface area contributed by atoms with Gasteiger partial charge >= 0.3 is 0 Å². The molecule has 1 fully saturated rings. The number of carbonyl (C=O) groups is 1. The molecule has 2 unspecified atom stereocenters. The maximum Gasteiger partial charge on any atom is 0.226 e. The Labute approximate surface area is 122 Å². The van der Waals surface area contributed by atoms with E-state index in [2.05, 4.69) is 17.2 Å². The second kappa shape index (κ2) is 5.79. The zero-order valence-electron chi connectivity index (χ0n) is 11.5. The van der Waals surface area contributed by atoms with E-state index < -0.39 is 0 Å². The zero-order chi connectivity index (χ0) is 13.9. The van der Waals surface area contributed by atoms with Crippen molar-refractivity contribution in [2.75, 3.05) is 0 Å². The first kappa shape index (κ1) is 13.4. The molecule has 106 valence electrons. The third kappa shape index (κ3) is 3.10. The van der Waals surface area contributed by atoms with E-state index >= 15 is 0 Å². The minimum atomic E-state index is 0.0698. The maximum absolute atomic E-state index is 12.0. The molecule has 2 aromatic rings. The third-order valence-corrected chi connectivity index (χ3v) is 4.59. The van der Waals surface area contributed by atoms with Crippen LogP contribution in [0.15, 0.2) is 28.2 Å². The van der Waals surface area contributed by atoms with Crippen molar-refractivity contribution >= 4 is 17.2 Å². The molecule has 2 atom stereocenters. The van der Waals surface area contributed by atoms with Gasteiger partial charge < -0.3 is 9.73 Å². The zero-order valence-corrected chi connectivity index (χ0v) is 12.3. The van der Waals surface area contributed by atoms with Crippen LogP contribution in [0.1, 0.15) is 31.9 Å². The predicted molar refractivity (Wildman–Crippen MR) is 78.5 cm³/mol. The molecule has 0 aliphatic heterocycles. The average molecular weight is 290 g/mol. The fourth-order valence-corrected chi connectivity index (χ4v) is 3.47. The number of furan rings is 1. The molecule has 4 nitrogen and oxygen atoms in total. The lowest BCUT2D eigenvalue weighted by Gasteiger charge is -2.11. The number of nitrogens with one attached hydrogen (secondary N) is 1. The smallest absolute Gasteiger partial charge is 0.226 e. The molecule has 1 amide bonds. The van der Waals surface area contributed by atoms with Crippen LogP contribution in [0.2, 0.25) is 0 Å². The summed E-state index contributed by atoms with van der Waals surface area (Å²) in [7, 11) is 0. The van der Waals surface area contributed by atoms with Gasteiger partial charge in [0.1, 0.15) is 0 Å². The Bertz CT molecular complexity index is 576. The summed E-state index contributed by atoms with van der Waals surface area (Å²) in [6.07, 6.45) is 5.39. The van der Waals surface area contributed by atoms with E-state index in [0.717, 1.165) is 35.2 Å². The normalized spacial score (nSPS) is 22.1. The molecule has 0 radical (unpaired) electrons. The van der Waals surface area contributed by atoms with E-state index in [1.165, 1.54) is 17.8 Å². The fraction of sp³-hybridized carbons (Fsp3) is 0.467. The minimum Gasteiger partial charge on any atom is -0.462 e. The highest BCUT2D eigenvalue weighted by Crippen LogP contribution is 2.25. The lowest BCUT2D eigenvalue weighted by Crippen LogP contribution is -2.34. The van der Waals surface area contributed by atoms with E-state index in [4.69, 9.17) is 4.42 Å². The van der Waals surface area contributed by atoms with Gasteiger partial charge in [-0.05, 0) is 37.3 Å². The first-order valence-electron chi connectivity index (χ1n) is 6.98. The lowest BCUT2D eigenvalue weighted by molar-refractivity contribution is -0.121. The molecule has 5 heteroatoms. The Kier molecular flexibility index (Phi) is 3.87. The Balaban J connectivity index is 1.56. The summed E-state index contributed by atoms with van der Waals surface area (Å²) < 4.78 is 5.30. The van der Waals surface area contributed by atoms with Crippen LogP contribution >= 0.6 is 11.3 Å². The molecule has 0 aromatic carbocycles. The molecule has 0 spiro atoms. The van der Waals surface area contributed by atoms with Gasteiger partial charge in [0, 0.05) is 11.4 Å². The summed E-state index contributed by atoms with van der Waals surface area (Å²) in [4.78, 5) is 16.4. The standard InChI is InChI=1S/C15H18N2O2S/c1-10-4-5-11(7-10)16-14(18)8-12-9-20-15(17-12)13-3-2-6-19-13/h2-3,6,9-11H,4-5,7-8H2,1H3,(H,16,18). The Morgan fingerprint density at radius 2 is 2.45 bits per heavy atom. The third-order valence-electron chi connectivity index (χ3n) is 3.69. The van der Waals surface area contributed by atoms with Gasteiger partial charge in [-0.2, -0.15) is 0 Å². The summed E-state index contributed by atoms with van der Waals surface area (Å²) in [5.41, 5.74) is 0.810. The van der Waals surface area contributed by atoms with Crippen LogP contribution in [-0.4, -0.2) is 16.9 Å². The topological polar surface area (TPSA) is 55.1 Å². The van der Waals surface area contributed by atoms with Crippen molar-refractivity contribution in [3.8, 4) is 10.8 Å². The van der Waals surface area contributed by atoms with Crippen molar-refractivity contribution in [1.29, 1.82) is 0 Å². The lowest BCUT2D eigenvalue weighted by atomic mass is 10.1. The van der Waals surface area contributed by atoms with Crippen molar-refractivity contribution < 1.29 is 9.21 Å². The minimum absolute atomic E-state index is 0.0698. The molecule has 1 N–H and O–H groups in total. The number of thiazole rings is 1. The first-order chi connectivity index (χ1) is 9.70. The van der Waals surface area contributed by atoms with Crippen LogP contribution in [0.3, 0.4) is 0 Å². The largest absolute Gasteiger partial charge is 0.462 e. The number of rotatable bonds is 4. The predicted octanol–water partition coefficient (Wildman–Crippen LogP) is 3.25. The van der Waals surface area contributed by atoms with Gasteiger partial charge in [-0.25, -0.2) is 4.98 Å². The molecule has 3 rings (SSSR count). The number of carbonyl (C=O) groups excluding carboxylic acids is 1. The molecule has 2 aromatic heterocycles. The van der Waals surface area contributed by atoms with Gasteiger partial charge in [0.15, 0.2) is 10.8 Å². The fourth-order valence-electron chi connectivity index (χ4n) is 2.68. The van der Waals surface area contributed by atoms with E-state index in [1.807, 2.05) is 17.5 Å². The monoisotopic (exact) mass is 290 g/mol. The highest BCUT2D eigenvalue weighted by atomic mass is 32.1. The summed E-state index contributed by atoms with van der Waals surface area (Å²) in [5, 5.41) is 5.86. The molecule has 1 saturated carbocycles. The molecule has 20 heavy (non-hydrogen) atoms. The second-order valence-corrected chi connectivity index (χ2v) is 6.34. The van der Waals surface area contributed by atoms with Crippen molar-refractivity contribution in [3.63, 3.8) is 0 Å². The SMILES string of the molecule is CC1CCC(NC(=O)Cc2csc(-c3ccco3)n2)C1. The number of hydrogen-bond acceptors (Lipinski definition) is 4. The Hall–Kier alpha value is -1.62. The van der Waals surface area contributed by atoms with Crippen LogP contribution in [-0.2, 0) is 11.2 Å². The quantitative estimate of drug-likeness (QED) is 0.940. The van der Waals surface area contributed by atoms with Crippen molar-refractivity contribution in [3.05, 3.63) is 29.5 Å². The summed E-state index contributed by atoms with van der Waals surface area (Å²) >= 11 is 1.51. The van der Waals surface area contributed by atoms with Gasteiger partial charge in [0.2, 0.25) is 5.91 Å². The number of hydrogen-bond donors (Lipinski definition) is 1. The van der Waals surface area contributed by atoms with Crippen LogP contribution in [0.5, 0.6) is 0 Å². The van der Waals surface area contributed by atoms with E-state index in [-0.39, 0.29) is 5.91 Å². The van der Waals surface area contributed by atoms with Crippen LogP contribution in [0.25, 0.3) is 10.8 Å². The van der Waals surface area contributed by atoms with Gasteiger partial charge in [-0.1, -0.05) is 6.92 Å². The van der Waals surface area contributed by atoms with E-state index in [0.29, 0.717) is 12.5 Å². The number of aromatic nitrogens is 1. The molecule has 0 saturated heterocycles. The molecular formula is C15H18N2O2S. The second-order valence-electron chi connectivity index (χ2n) is 5.48. The van der Waals surface area contributed by atoms with Crippen molar-refractivity contribution in [2.24, 2.45) is 5.92 Å². The van der Waals surface area contributed by atoms with Crippen LogP contribution in [0, 0.1) is 5.92 Å². The maximum atomic E-state index is 12.0. The van der Waals surface area contributed by atoms with E-state index in [9.17, 15) is 4.79 Å². The van der Waals surface area contributed by atoms with Crippen LogP contribution in [0.4, 0.5) is 0 Å². The summed E-state index contributed by atoms with van der Waals surface area (Å²) in [6.45, 7) is 2.24. The molecule has 1 aliphatic rings. The summed E-state index contributed by atoms with van der Waals surface area (Å²) in [5.74, 6) is 1.55. The van der Waals surface area contributed by atoms with Gasteiger partial charge in [0.05, 0.1) is 18.4 Å². The van der Waals surface area contributed by atoms with Crippen LogP contribution < -0.4 is 5.32 Å². The average Bonchev–Trinajstić information content (AvgIpc) is 3.10. The van der Waals surface area contributed by atoms with Crippen molar-refractivity contribution in [1.82, 2.24) is 10.3 Å². The van der Waals surface area contributed by atoms with E-state index in [1.54, 1.807) is 6.26 Å². The van der Waals surface area contributed by atoms with Gasteiger partial charge in [0.25, 0.3) is 0 Å². The summed E-state index contributed by atoms with van der Waals surface area (Å²) in [6, 6.07) is 4.06. The number of amides is 1. The molecular weight excluding hydrogens is 272 g/mol. The Morgan fingerprint density at radius 1 is 1.55 bits per heavy atom. The first-order valence-corrected chi connectivity index (χ1v) is 7.86. The van der Waals surface area contributed by atoms with Crippen molar-refractivity contribution in [2.45, 2.75) is 38.6 Å². The highest BCUT2D eigenvalue weighted by molar-refractivity contribution is 7.13. The number of nitrogens with zero attached hydrogens (tertiary/aromatic N) is 1. The molecule has 2 heterocycles. The molecule has 0 bridgehead atoms. The highest BCUT2D eigenvalue weighted by Gasteiger charge is 2.22. The van der Waals surface area contributed by atoms with Gasteiger partial charge in [-0.3, -0.25) is 4.79 Å². The van der Waals surface area contributed by atoms with Gasteiger partial charge in [-0.15, -0.1) is 11.3 Å².